The van der Waals surface area contributed by atoms with E-state index in [9.17, 15) is 13.2 Å². The number of benzene rings is 3. The predicted molar refractivity (Wildman–Crippen MR) is 121 cm³/mol. The number of nitrogens with zero attached hydrogens (tertiary/aromatic N) is 1. The molecule has 30 heavy (non-hydrogen) atoms. The molecule has 0 aliphatic carbocycles. The fourth-order valence-electron chi connectivity index (χ4n) is 2.93. The van der Waals surface area contributed by atoms with Crippen molar-refractivity contribution in [3.8, 4) is 0 Å². The number of aromatic nitrogens is 1. The molecule has 0 bridgehead atoms. The first-order valence-corrected chi connectivity index (χ1v) is 11.5. The van der Waals surface area contributed by atoms with Crippen LogP contribution in [0.5, 0.6) is 0 Å². The average molecular weight is 438 g/mol. The predicted octanol–water partition coefficient (Wildman–Crippen LogP) is 4.97. The first-order valence-electron chi connectivity index (χ1n) is 9.18. The Kier molecular flexibility index (Phi) is 5.27. The number of anilines is 2. The van der Waals surface area contributed by atoms with E-state index in [4.69, 9.17) is 0 Å². The Bertz CT molecular complexity index is 1340. The first-order chi connectivity index (χ1) is 14.3. The van der Waals surface area contributed by atoms with Crippen molar-refractivity contribution in [3.05, 3.63) is 83.4 Å². The minimum Gasteiger partial charge on any atom is -0.322 e. The van der Waals surface area contributed by atoms with Crippen molar-refractivity contribution in [1.82, 2.24) is 4.98 Å². The quantitative estimate of drug-likeness (QED) is 0.462. The molecule has 0 unspecified atom stereocenters. The highest BCUT2D eigenvalue weighted by Crippen LogP contribution is 2.30. The molecule has 1 amide bonds. The van der Waals surface area contributed by atoms with Gasteiger partial charge in [-0.15, -0.1) is 0 Å². The molecule has 4 aromatic rings. The van der Waals surface area contributed by atoms with Crippen LogP contribution in [0.15, 0.2) is 71.6 Å². The molecule has 0 spiro atoms. The summed E-state index contributed by atoms with van der Waals surface area (Å²) in [5.74, 6) is -0.206. The van der Waals surface area contributed by atoms with Crippen molar-refractivity contribution in [3.63, 3.8) is 0 Å². The summed E-state index contributed by atoms with van der Waals surface area (Å²) in [7, 11) is -3.72. The number of carbonyl (C=O) groups is 1. The fourth-order valence-corrected chi connectivity index (χ4v) is 5.07. The molecule has 152 valence electrons. The first kappa shape index (κ1) is 20.1. The maximum absolute atomic E-state index is 12.6. The third-order valence-electron chi connectivity index (χ3n) is 4.48. The Morgan fingerprint density at radius 3 is 2.43 bits per heavy atom. The monoisotopic (exact) mass is 437 g/mol. The van der Waals surface area contributed by atoms with Crippen molar-refractivity contribution >= 4 is 48.3 Å². The van der Waals surface area contributed by atoms with Gasteiger partial charge in [0.2, 0.25) is 0 Å². The fraction of sp³-hybridized carbons (Fsp3) is 0.0909. The molecule has 3 aromatic carbocycles. The maximum Gasteiger partial charge on any atom is 0.263 e. The van der Waals surface area contributed by atoms with Crippen LogP contribution in [0.1, 0.15) is 21.5 Å². The van der Waals surface area contributed by atoms with E-state index < -0.39 is 10.0 Å². The SMILES string of the molecule is Cc1ccc(S(=O)(=O)Nc2nc3ccc(NC(=O)c4cccc(C)c4)cc3s2)cc1. The molecule has 0 aliphatic heterocycles. The molecule has 0 radical (unpaired) electrons. The number of amides is 1. The van der Waals surface area contributed by atoms with Crippen LogP contribution < -0.4 is 10.0 Å². The van der Waals surface area contributed by atoms with Gasteiger partial charge in [-0.25, -0.2) is 13.4 Å². The molecule has 0 fully saturated rings. The standard InChI is InChI=1S/C22H19N3O3S2/c1-14-6-9-18(10-7-14)30(27,28)25-22-24-19-11-8-17(13-20(19)29-22)23-21(26)16-5-3-4-15(2)12-16/h3-13H,1-2H3,(H,23,26)(H,24,25). The zero-order valence-corrected chi connectivity index (χ0v) is 18.0. The van der Waals surface area contributed by atoms with Gasteiger partial charge in [-0.2, -0.15) is 0 Å². The van der Waals surface area contributed by atoms with Crippen molar-refractivity contribution in [2.75, 3.05) is 10.0 Å². The molecule has 6 nitrogen and oxygen atoms in total. The minimum atomic E-state index is -3.72. The van der Waals surface area contributed by atoms with E-state index in [-0.39, 0.29) is 15.9 Å². The topological polar surface area (TPSA) is 88.2 Å². The number of hydrogen-bond donors (Lipinski definition) is 2. The van der Waals surface area contributed by atoms with Gasteiger partial charge in [0, 0.05) is 11.3 Å². The van der Waals surface area contributed by atoms with Crippen molar-refractivity contribution in [1.29, 1.82) is 0 Å². The van der Waals surface area contributed by atoms with Crippen LogP contribution in [0.25, 0.3) is 10.2 Å². The Balaban J connectivity index is 1.55. The lowest BCUT2D eigenvalue weighted by Crippen LogP contribution is -2.12. The van der Waals surface area contributed by atoms with E-state index >= 15 is 0 Å². The largest absolute Gasteiger partial charge is 0.322 e. The molecule has 1 heterocycles. The van der Waals surface area contributed by atoms with Crippen LogP contribution in [-0.4, -0.2) is 19.3 Å². The summed E-state index contributed by atoms with van der Waals surface area (Å²) in [5, 5.41) is 3.14. The molecular weight excluding hydrogens is 418 g/mol. The Hall–Kier alpha value is -3.23. The van der Waals surface area contributed by atoms with Gasteiger partial charge >= 0.3 is 0 Å². The maximum atomic E-state index is 12.6. The number of sulfonamides is 1. The van der Waals surface area contributed by atoms with Gasteiger partial charge in [-0.1, -0.05) is 46.7 Å². The number of aryl methyl sites for hydroxylation is 2. The summed E-state index contributed by atoms with van der Waals surface area (Å²) in [4.78, 5) is 17.0. The molecule has 1 aromatic heterocycles. The third kappa shape index (κ3) is 4.34. The van der Waals surface area contributed by atoms with Crippen LogP contribution in [0, 0.1) is 13.8 Å². The lowest BCUT2D eigenvalue weighted by Gasteiger charge is -2.05. The van der Waals surface area contributed by atoms with Gasteiger partial charge in [0.1, 0.15) is 0 Å². The molecule has 2 N–H and O–H groups in total. The molecule has 0 saturated heterocycles. The summed E-state index contributed by atoms with van der Waals surface area (Å²) in [6.07, 6.45) is 0. The summed E-state index contributed by atoms with van der Waals surface area (Å²) >= 11 is 1.21. The van der Waals surface area contributed by atoms with Crippen LogP contribution >= 0.6 is 11.3 Å². The second-order valence-corrected chi connectivity index (χ2v) is 9.66. The zero-order chi connectivity index (χ0) is 21.3. The lowest BCUT2D eigenvalue weighted by molar-refractivity contribution is 0.102. The van der Waals surface area contributed by atoms with E-state index in [2.05, 4.69) is 15.0 Å². The average Bonchev–Trinajstić information content (AvgIpc) is 3.09. The number of nitrogens with one attached hydrogen (secondary N) is 2. The van der Waals surface area contributed by atoms with Crippen LogP contribution in [-0.2, 0) is 10.0 Å². The lowest BCUT2D eigenvalue weighted by atomic mass is 10.1. The smallest absolute Gasteiger partial charge is 0.263 e. The van der Waals surface area contributed by atoms with Crippen molar-refractivity contribution < 1.29 is 13.2 Å². The Labute approximate surface area is 178 Å². The highest BCUT2D eigenvalue weighted by molar-refractivity contribution is 7.93. The third-order valence-corrected chi connectivity index (χ3v) is 6.90. The summed E-state index contributed by atoms with van der Waals surface area (Å²) in [6.45, 7) is 3.83. The number of hydrogen-bond acceptors (Lipinski definition) is 5. The summed E-state index contributed by atoms with van der Waals surface area (Å²) in [5.41, 5.74) is 3.83. The molecule has 0 aliphatic rings. The van der Waals surface area contributed by atoms with Gasteiger partial charge in [0.15, 0.2) is 5.13 Å². The van der Waals surface area contributed by atoms with E-state index in [1.165, 1.54) is 11.3 Å². The van der Waals surface area contributed by atoms with Crippen LogP contribution in [0.3, 0.4) is 0 Å². The molecular formula is C22H19N3O3S2. The highest BCUT2D eigenvalue weighted by atomic mass is 32.2. The van der Waals surface area contributed by atoms with Crippen LogP contribution in [0.4, 0.5) is 10.8 Å². The zero-order valence-electron chi connectivity index (χ0n) is 16.3. The van der Waals surface area contributed by atoms with Gasteiger partial charge in [-0.05, 0) is 56.3 Å². The van der Waals surface area contributed by atoms with Crippen molar-refractivity contribution in [2.24, 2.45) is 0 Å². The van der Waals surface area contributed by atoms with Gasteiger partial charge in [0.05, 0.1) is 15.1 Å². The second-order valence-electron chi connectivity index (χ2n) is 6.94. The van der Waals surface area contributed by atoms with E-state index in [1.54, 1.807) is 48.5 Å². The summed E-state index contributed by atoms with van der Waals surface area (Å²) in [6, 6.07) is 19.2. The Morgan fingerprint density at radius 1 is 0.933 bits per heavy atom. The van der Waals surface area contributed by atoms with Gasteiger partial charge in [-0.3, -0.25) is 9.52 Å². The van der Waals surface area contributed by atoms with E-state index in [0.29, 0.717) is 16.8 Å². The molecule has 0 saturated carbocycles. The van der Waals surface area contributed by atoms with Gasteiger partial charge in [0.25, 0.3) is 15.9 Å². The molecule has 4 rings (SSSR count). The second kappa shape index (κ2) is 7.89. The summed E-state index contributed by atoms with van der Waals surface area (Å²) < 4.78 is 28.5. The number of fused-ring (bicyclic) bond motifs is 1. The number of thiazole rings is 1. The minimum absolute atomic E-state index is 0.179. The Morgan fingerprint density at radius 2 is 1.70 bits per heavy atom. The number of carbonyl (C=O) groups excluding carboxylic acids is 1. The van der Waals surface area contributed by atoms with Crippen molar-refractivity contribution in [2.45, 2.75) is 18.7 Å². The van der Waals surface area contributed by atoms with Gasteiger partial charge < -0.3 is 5.32 Å². The highest BCUT2D eigenvalue weighted by Gasteiger charge is 2.17. The molecule has 0 atom stereocenters. The molecule has 8 heteroatoms. The van der Waals surface area contributed by atoms with Crippen LogP contribution in [0.2, 0.25) is 0 Å². The number of rotatable bonds is 5. The van der Waals surface area contributed by atoms with E-state index in [0.717, 1.165) is 15.8 Å². The normalized spacial score (nSPS) is 11.4. The van der Waals surface area contributed by atoms with E-state index in [1.807, 2.05) is 32.0 Å².